The Morgan fingerprint density at radius 3 is 0.406 bits per heavy atom. The van der Waals surface area contributed by atoms with E-state index >= 15 is 0 Å². The summed E-state index contributed by atoms with van der Waals surface area (Å²) in [5, 5.41) is 0. The molecule has 0 saturated carbocycles. The Morgan fingerprint density at radius 2 is 0.248 bits per heavy atom. The van der Waals surface area contributed by atoms with Crippen molar-refractivity contribution in [3.63, 3.8) is 0 Å². The fourth-order valence-corrected chi connectivity index (χ4v) is 17.5. The highest BCUT2D eigenvalue weighted by atomic mass is 32.1. The maximum atomic E-state index is 14.4. The third kappa shape index (κ3) is 14.5. The van der Waals surface area contributed by atoms with Crippen molar-refractivity contribution in [2.75, 3.05) is 0 Å². The molecule has 101 heavy (non-hydrogen) atoms. The SMILES string of the molecule is Fc1ccc(C(c2ccc(F)cc2)c2ccc(C(c3ccc(C(c4ccc(F)cc4)c4ccc(F)cc4)cc3)c3ccc(-c4ccc(-c5ccc(C(c6ccc(C(c7ccc(F)cc7)c7ccc(F)cc7)cc6)c6ccc(C(c7ccc(F)cc7)c7ccc(F)cc7)cc6)s5)s4)s3)cc2)cc1. The summed E-state index contributed by atoms with van der Waals surface area (Å²) in [6.45, 7) is 0. The van der Waals surface area contributed by atoms with Crippen LogP contribution in [0.3, 0.4) is 0 Å². The van der Waals surface area contributed by atoms with E-state index in [-0.39, 0.29) is 82.0 Å². The molecule has 0 spiro atoms. The number of thiophene rings is 3. The first-order chi connectivity index (χ1) is 49.3. The molecule has 11 heteroatoms. The summed E-state index contributed by atoms with van der Waals surface area (Å²) in [5.41, 5.74) is 14.8. The van der Waals surface area contributed by atoms with Gasteiger partial charge >= 0.3 is 0 Å². The van der Waals surface area contributed by atoms with Crippen LogP contribution in [-0.2, 0) is 0 Å². The van der Waals surface area contributed by atoms with Gasteiger partial charge in [0.1, 0.15) is 46.5 Å². The third-order valence-corrected chi connectivity index (χ3v) is 22.7. The molecule has 15 rings (SSSR count). The molecule has 0 bridgehead atoms. The van der Waals surface area contributed by atoms with Crippen molar-refractivity contribution in [2.45, 2.75) is 35.5 Å². The van der Waals surface area contributed by atoms with Crippen LogP contribution in [-0.4, -0.2) is 0 Å². The normalized spacial score (nSPS) is 11.7. The topological polar surface area (TPSA) is 0 Å². The van der Waals surface area contributed by atoms with Gasteiger partial charge in [-0.05, 0) is 222 Å². The monoisotopic (exact) mass is 1390 g/mol. The molecule has 0 unspecified atom stereocenters. The molecule has 0 saturated heterocycles. The van der Waals surface area contributed by atoms with Crippen LogP contribution >= 0.6 is 34.0 Å². The summed E-state index contributed by atoms with van der Waals surface area (Å²) >= 11 is 5.15. The fraction of sp³-hybridized carbons (Fsp3) is 0.0667. The minimum absolute atomic E-state index is 0.241. The Morgan fingerprint density at radius 1 is 0.129 bits per heavy atom. The predicted octanol–water partition coefficient (Wildman–Crippen LogP) is 25.4. The van der Waals surface area contributed by atoms with Gasteiger partial charge < -0.3 is 0 Å². The second-order valence-corrected chi connectivity index (χ2v) is 28.6. The van der Waals surface area contributed by atoms with Crippen molar-refractivity contribution in [3.05, 3.63) is 473 Å². The van der Waals surface area contributed by atoms with Gasteiger partial charge in [-0.1, -0.05) is 194 Å². The number of hydrogen-bond donors (Lipinski definition) is 0. The van der Waals surface area contributed by atoms with E-state index in [1.165, 1.54) is 97.1 Å². The molecule has 0 N–H and O–H groups in total. The molecule has 494 valence electrons. The lowest BCUT2D eigenvalue weighted by Gasteiger charge is -2.23. The van der Waals surface area contributed by atoms with Gasteiger partial charge in [-0.2, -0.15) is 0 Å². The Labute approximate surface area is 593 Å². The number of halogens is 8. The van der Waals surface area contributed by atoms with Gasteiger partial charge in [-0.25, -0.2) is 35.1 Å². The van der Waals surface area contributed by atoms with Crippen molar-refractivity contribution in [2.24, 2.45) is 0 Å². The standard InChI is InChI=1S/C90H60F8S3/c91-71-33-17-59(18-34-71)85(60-19-35-72(92)36-20-60)55-1-9-67(10-2-55)89(68-11-3-56(4-12-68)86(61-21-37-73(93)38-22-61)62-23-39-74(94)40-24-62)83-53-51-81(100-83)79-49-50-80(99-79)82-52-54-84(101-82)90(69-13-5-57(6-14-69)87(63-25-41-75(95)42-26-63)64-27-43-76(96)44-28-64)70-15-7-58(8-16-70)88(65-29-45-77(97)46-30-65)66-31-47-78(98)48-32-66/h1-54,85-90H. The largest absolute Gasteiger partial charge is 0.207 e. The first-order valence-electron chi connectivity index (χ1n) is 33.0. The Balaban J connectivity index is 0.779. The molecule has 0 amide bonds. The molecule has 3 heterocycles. The van der Waals surface area contributed by atoms with Crippen LogP contribution in [0.4, 0.5) is 35.1 Å². The molecular formula is C90H60F8S3. The van der Waals surface area contributed by atoms with Crippen molar-refractivity contribution in [1.29, 1.82) is 0 Å². The zero-order valence-electron chi connectivity index (χ0n) is 53.9. The summed E-state index contributed by atoms with van der Waals surface area (Å²) in [7, 11) is 0. The lowest BCUT2D eigenvalue weighted by Crippen LogP contribution is -2.07. The van der Waals surface area contributed by atoms with Crippen LogP contribution in [0.2, 0.25) is 0 Å². The average Bonchev–Trinajstić information content (AvgIpc) is 1.77. The van der Waals surface area contributed by atoms with E-state index < -0.39 is 0 Å². The molecule has 12 aromatic carbocycles. The second kappa shape index (κ2) is 29.2. The molecule has 3 aromatic heterocycles. The van der Waals surface area contributed by atoms with Gasteiger partial charge in [0.2, 0.25) is 0 Å². The quantitative estimate of drug-likeness (QED) is 0.0527. The van der Waals surface area contributed by atoms with E-state index in [0.717, 1.165) is 118 Å². The van der Waals surface area contributed by atoms with Crippen LogP contribution in [0, 0.1) is 46.5 Å². The Hall–Kier alpha value is -10.8. The molecular weight excluding hydrogens is 1330 g/mol. The summed E-state index contributed by atoms with van der Waals surface area (Å²) < 4.78 is 115. The molecule has 15 aromatic rings. The van der Waals surface area contributed by atoms with Gasteiger partial charge in [0.05, 0.1) is 0 Å². The molecule has 0 atom stereocenters. The predicted molar refractivity (Wildman–Crippen MR) is 394 cm³/mol. The van der Waals surface area contributed by atoms with Crippen molar-refractivity contribution >= 4 is 34.0 Å². The Bertz CT molecular complexity index is 4470. The molecule has 0 nitrogen and oxygen atoms in total. The summed E-state index contributed by atoms with van der Waals surface area (Å²) in [5.74, 6) is -4.52. The van der Waals surface area contributed by atoms with Gasteiger partial charge in [0, 0.05) is 64.8 Å². The van der Waals surface area contributed by atoms with Crippen LogP contribution in [0.1, 0.15) is 134 Å². The lowest BCUT2D eigenvalue weighted by molar-refractivity contribution is 0.625. The smallest absolute Gasteiger partial charge is 0.123 e. The van der Waals surface area contributed by atoms with Crippen LogP contribution in [0.5, 0.6) is 0 Å². The molecule has 0 aliphatic rings. The number of hydrogen-bond acceptors (Lipinski definition) is 3. The van der Waals surface area contributed by atoms with Gasteiger partial charge in [0.15, 0.2) is 0 Å². The summed E-state index contributed by atoms with van der Waals surface area (Å²) in [6, 6.07) is 98.4. The highest BCUT2D eigenvalue weighted by molar-refractivity contribution is 7.26. The van der Waals surface area contributed by atoms with Crippen molar-refractivity contribution in [3.8, 4) is 19.5 Å². The minimum atomic E-state index is -0.350. The van der Waals surface area contributed by atoms with Crippen LogP contribution in [0.25, 0.3) is 19.5 Å². The van der Waals surface area contributed by atoms with Crippen molar-refractivity contribution < 1.29 is 35.1 Å². The van der Waals surface area contributed by atoms with Gasteiger partial charge in [-0.15, -0.1) is 34.0 Å². The van der Waals surface area contributed by atoms with E-state index in [2.05, 4.69) is 133 Å². The highest BCUT2D eigenvalue weighted by Gasteiger charge is 2.28. The molecule has 0 radical (unpaired) electrons. The van der Waals surface area contributed by atoms with Crippen LogP contribution in [0.15, 0.2) is 328 Å². The second-order valence-electron chi connectivity index (χ2n) is 25.2. The highest BCUT2D eigenvalue weighted by Crippen LogP contribution is 2.48. The zero-order chi connectivity index (χ0) is 69.1. The first-order valence-corrected chi connectivity index (χ1v) is 35.5. The maximum Gasteiger partial charge on any atom is 0.123 e. The van der Waals surface area contributed by atoms with Crippen LogP contribution < -0.4 is 0 Å². The lowest BCUT2D eigenvalue weighted by atomic mass is 9.82. The van der Waals surface area contributed by atoms with Crippen molar-refractivity contribution in [1.82, 2.24) is 0 Å². The molecule has 0 aliphatic heterocycles. The van der Waals surface area contributed by atoms with E-state index in [1.54, 1.807) is 131 Å². The molecule has 0 fully saturated rings. The van der Waals surface area contributed by atoms with E-state index in [9.17, 15) is 35.1 Å². The first kappa shape index (κ1) is 66.1. The van der Waals surface area contributed by atoms with E-state index in [4.69, 9.17) is 0 Å². The van der Waals surface area contributed by atoms with Gasteiger partial charge in [0.25, 0.3) is 0 Å². The van der Waals surface area contributed by atoms with E-state index in [0.29, 0.717) is 0 Å². The van der Waals surface area contributed by atoms with E-state index in [1.807, 2.05) is 0 Å². The molecule has 0 aliphatic carbocycles. The third-order valence-electron chi connectivity index (χ3n) is 19.0. The minimum Gasteiger partial charge on any atom is -0.207 e. The maximum absolute atomic E-state index is 14.4. The number of rotatable bonds is 20. The fourth-order valence-electron chi connectivity index (χ4n) is 14.0. The zero-order valence-corrected chi connectivity index (χ0v) is 56.3. The summed E-state index contributed by atoms with van der Waals surface area (Å²) in [6.07, 6.45) is 0. The van der Waals surface area contributed by atoms with Gasteiger partial charge in [-0.3, -0.25) is 0 Å². The summed E-state index contributed by atoms with van der Waals surface area (Å²) in [4.78, 5) is 6.55. The average molecular weight is 1390 g/mol. The Kier molecular flexibility index (Phi) is 19.1. The number of benzene rings is 12.